The van der Waals surface area contributed by atoms with Crippen LogP contribution in [0, 0.1) is 0 Å². The lowest BCUT2D eigenvalue weighted by Crippen LogP contribution is -2.35. The molecular formula is C17H21N5O3. The van der Waals surface area contributed by atoms with Crippen LogP contribution in [0.25, 0.3) is 0 Å². The predicted octanol–water partition coefficient (Wildman–Crippen LogP) is 1.70. The highest BCUT2D eigenvalue weighted by Gasteiger charge is 2.30. The van der Waals surface area contributed by atoms with E-state index in [-0.39, 0.29) is 5.91 Å². The van der Waals surface area contributed by atoms with Gasteiger partial charge in [0.2, 0.25) is 17.6 Å². The zero-order valence-corrected chi connectivity index (χ0v) is 14.2. The summed E-state index contributed by atoms with van der Waals surface area (Å²) in [5.41, 5.74) is 0.907. The Balaban J connectivity index is 1.42. The van der Waals surface area contributed by atoms with E-state index in [1.165, 1.54) is 0 Å². The topological polar surface area (TPSA) is 84.6 Å². The third kappa shape index (κ3) is 3.42. The van der Waals surface area contributed by atoms with Gasteiger partial charge in [-0.25, -0.2) is 4.98 Å². The maximum absolute atomic E-state index is 12.7. The molecule has 25 heavy (non-hydrogen) atoms. The van der Waals surface area contributed by atoms with Crippen LogP contribution in [0.2, 0.25) is 0 Å². The van der Waals surface area contributed by atoms with Gasteiger partial charge in [-0.15, -0.1) is 0 Å². The van der Waals surface area contributed by atoms with Crippen LogP contribution in [0.15, 0.2) is 22.9 Å². The minimum absolute atomic E-state index is 0.0900. The number of amides is 1. The summed E-state index contributed by atoms with van der Waals surface area (Å²) in [6.07, 6.45) is 4.80. The van der Waals surface area contributed by atoms with Gasteiger partial charge in [0.05, 0.1) is 12.8 Å². The lowest BCUT2D eigenvalue weighted by molar-refractivity contribution is 0.0725. The molecule has 0 aromatic carbocycles. The van der Waals surface area contributed by atoms with Crippen molar-refractivity contribution < 1.29 is 14.1 Å². The summed E-state index contributed by atoms with van der Waals surface area (Å²) in [5.74, 6) is 1.90. The molecule has 2 fully saturated rings. The molecule has 0 N–H and O–H groups in total. The van der Waals surface area contributed by atoms with E-state index in [0.717, 1.165) is 31.5 Å². The predicted molar refractivity (Wildman–Crippen MR) is 89.8 cm³/mol. The lowest BCUT2D eigenvalue weighted by Gasteiger charge is -2.21. The highest BCUT2D eigenvalue weighted by molar-refractivity contribution is 5.91. The van der Waals surface area contributed by atoms with E-state index in [0.29, 0.717) is 43.1 Å². The minimum Gasteiger partial charge on any atom is -0.481 e. The quantitative estimate of drug-likeness (QED) is 0.835. The standard InChI is InChI=1S/C17H21N5O3/c1-24-15-5-6-18-17(19-15)22-8-2-7-21(9-10-22)16(23)14-11-13(20-25-14)12-3-4-12/h5-6,11-12H,2-4,7-10H2,1H3. The van der Waals surface area contributed by atoms with Crippen molar-refractivity contribution in [3.05, 3.63) is 29.8 Å². The molecule has 0 bridgehead atoms. The van der Waals surface area contributed by atoms with E-state index in [2.05, 4.69) is 20.0 Å². The summed E-state index contributed by atoms with van der Waals surface area (Å²) in [5, 5.41) is 4.03. The summed E-state index contributed by atoms with van der Waals surface area (Å²) in [6.45, 7) is 2.74. The molecule has 1 aliphatic carbocycles. The fourth-order valence-electron chi connectivity index (χ4n) is 3.04. The highest BCUT2D eigenvalue weighted by atomic mass is 16.5. The summed E-state index contributed by atoms with van der Waals surface area (Å²) in [6, 6.07) is 3.52. The van der Waals surface area contributed by atoms with Crippen molar-refractivity contribution in [3.8, 4) is 5.88 Å². The second-order valence-electron chi connectivity index (χ2n) is 6.42. The Morgan fingerprint density at radius 2 is 2.16 bits per heavy atom. The highest BCUT2D eigenvalue weighted by Crippen LogP contribution is 2.39. The van der Waals surface area contributed by atoms with Gasteiger partial charge >= 0.3 is 0 Å². The molecule has 1 aliphatic heterocycles. The monoisotopic (exact) mass is 343 g/mol. The van der Waals surface area contributed by atoms with Crippen molar-refractivity contribution in [2.24, 2.45) is 0 Å². The van der Waals surface area contributed by atoms with Crippen molar-refractivity contribution in [1.29, 1.82) is 0 Å². The Morgan fingerprint density at radius 3 is 2.96 bits per heavy atom. The van der Waals surface area contributed by atoms with E-state index >= 15 is 0 Å². The van der Waals surface area contributed by atoms with E-state index in [1.54, 1.807) is 25.4 Å². The number of methoxy groups -OCH3 is 1. The molecule has 1 saturated heterocycles. The Morgan fingerprint density at radius 1 is 1.28 bits per heavy atom. The molecule has 1 amide bonds. The molecule has 3 heterocycles. The SMILES string of the molecule is COc1ccnc(N2CCCN(C(=O)c3cc(C4CC4)no3)CC2)n1. The molecule has 0 radical (unpaired) electrons. The molecular weight excluding hydrogens is 322 g/mol. The number of aromatic nitrogens is 3. The molecule has 2 aliphatic rings. The van der Waals surface area contributed by atoms with Crippen LogP contribution in [0.5, 0.6) is 5.88 Å². The average molecular weight is 343 g/mol. The minimum atomic E-state index is -0.0900. The van der Waals surface area contributed by atoms with Crippen LogP contribution in [-0.4, -0.2) is 59.2 Å². The molecule has 4 rings (SSSR count). The van der Waals surface area contributed by atoms with Crippen molar-refractivity contribution in [1.82, 2.24) is 20.0 Å². The number of ether oxygens (including phenoxy) is 1. The van der Waals surface area contributed by atoms with E-state index in [9.17, 15) is 4.79 Å². The number of anilines is 1. The summed E-state index contributed by atoms with van der Waals surface area (Å²) < 4.78 is 10.4. The number of carbonyl (C=O) groups excluding carboxylic acids is 1. The second-order valence-corrected chi connectivity index (χ2v) is 6.42. The number of rotatable bonds is 4. The first kappa shape index (κ1) is 15.9. The van der Waals surface area contributed by atoms with Gasteiger partial charge in [0.15, 0.2) is 0 Å². The van der Waals surface area contributed by atoms with Gasteiger partial charge in [0, 0.05) is 50.4 Å². The first-order valence-electron chi connectivity index (χ1n) is 8.62. The van der Waals surface area contributed by atoms with E-state index < -0.39 is 0 Å². The van der Waals surface area contributed by atoms with Crippen molar-refractivity contribution in [3.63, 3.8) is 0 Å². The molecule has 8 heteroatoms. The summed E-state index contributed by atoms with van der Waals surface area (Å²) in [4.78, 5) is 25.3. The molecule has 132 valence electrons. The van der Waals surface area contributed by atoms with Gasteiger partial charge in [0.25, 0.3) is 5.91 Å². The Kier molecular flexibility index (Phi) is 4.25. The van der Waals surface area contributed by atoms with Crippen molar-refractivity contribution >= 4 is 11.9 Å². The molecule has 2 aromatic heterocycles. The normalized spacial score (nSPS) is 18.1. The fourth-order valence-corrected chi connectivity index (χ4v) is 3.04. The summed E-state index contributed by atoms with van der Waals surface area (Å²) in [7, 11) is 1.59. The van der Waals surface area contributed by atoms with Gasteiger partial charge in [-0.1, -0.05) is 5.16 Å². The van der Waals surface area contributed by atoms with Gasteiger partial charge in [-0.05, 0) is 19.3 Å². The number of hydrogen-bond donors (Lipinski definition) is 0. The van der Waals surface area contributed by atoms with Gasteiger partial charge in [-0.2, -0.15) is 4.98 Å². The Labute approximate surface area is 145 Å². The molecule has 0 unspecified atom stereocenters. The first-order chi connectivity index (χ1) is 12.2. The zero-order valence-electron chi connectivity index (χ0n) is 14.2. The van der Waals surface area contributed by atoms with Crippen LogP contribution in [0.4, 0.5) is 5.95 Å². The maximum Gasteiger partial charge on any atom is 0.292 e. The first-order valence-corrected chi connectivity index (χ1v) is 8.62. The van der Waals surface area contributed by atoms with Gasteiger partial charge < -0.3 is 19.1 Å². The molecule has 0 atom stereocenters. The number of nitrogens with zero attached hydrogens (tertiary/aromatic N) is 5. The fraction of sp³-hybridized carbons (Fsp3) is 0.529. The van der Waals surface area contributed by atoms with E-state index in [4.69, 9.17) is 9.26 Å². The molecule has 2 aromatic rings. The lowest BCUT2D eigenvalue weighted by atomic mass is 10.2. The number of carbonyl (C=O) groups is 1. The zero-order chi connectivity index (χ0) is 17.2. The van der Waals surface area contributed by atoms with Crippen molar-refractivity contribution in [2.75, 3.05) is 38.2 Å². The van der Waals surface area contributed by atoms with E-state index in [1.807, 2.05) is 4.90 Å². The second kappa shape index (κ2) is 6.70. The number of hydrogen-bond acceptors (Lipinski definition) is 7. The smallest absolute Gasteiger partial charge is 0.292 e. The maximum atomic E-state index is 12.7. The van der Waals surface area contributed by atoms with Crippen LogP contribution >= 0.6 is 0 Å². The Bertz CT molecular complexity index is 758. The van der Waals surface area contributed by atoms with Crippen molar-refractivity contribution in [2.45, 2.75) is 25.2 Å². The van der Waals surface area contributed by atoms with Crippen LogP contribution in [-0.2, 0) is 0 Å². The summed E-state index contributed by atoms with van der Waals surface area (Å²) >= 11 is 0. The Hall–Kier alpha value is -2.64. The molecule has 1 saturated carbocycles. The molecule has 0 spiro atoms. The third-order valence-electron chi connectivity index (χ3n) is 4.63. The molecule has 8 nitrogen and oxygen atoms in total. The van der Waals surface area contributed by atoms with Gasteiger partial charge in [-0.3, -0.25) is 4.79 Å². The van der Waals surface area contributed by atoms with Crippen LogP contribution < -0.4 is 9.64 Å². The van der Waals surface area contributed by atoms with Gasteiger partial charge in [0.1, 0.15) is 0 Å². The van der Waals surface area contributed by atoms with Crippen LogP contribution in [0.3, 0.4) is 0 Å². The van der Waals surface area contributed by atoms with Crippen LogP contribution in [0.1, 0.15) is 41.4 Å². The third-order valence-corrected chi connectivity index (χ3v) is 4.63. The largest absolute Gasteiger partial charge is 0.481 e. The average Bonchev–Trinajstić information content (AvgIpc) is 3.43.